The number of likely N-dealkylation sites (N-methyl/N-ethyl adjacent to an activating group) is 1. The van der Waals surface area contributed by atoms with E-state index in [0.717, 1.165) is 6.54 Å². The molecule has 0 fully saturated rings. The van der Waals surface area contributed by atoms with Crippen molar-refractivity contribution in [3.63, 3.8) is 0 Å². The summed E-state index contributed by atoms with van der Waals surface area (Å²) in [4.78, 5) is 7.68. The van der Waals surface area contributed by atoms with Crippen LogP contribution in [0.4, 0.5) is 0 Å². The SMILES string of the molecule is CNCC(C)Oc1cncnc1. The number of rotatable bonds is 4. The number of hydrogen-bond acceptors (Lipinski definition) is 4. The zero-order valence-electron chi connectivity index (χ0n) is 7.32. The molecular weight excluding hydrogens is 154 g/mol. The molecule has 0 bridgehead atoms. The maximum Gasteiger partial charge on any atom is 0.156 e. The molecule has 0 amide bonds. The van der Waals surface area contributed by atoms with E-state index in [1.54, 1.807) is 12.4 Å². The van der Waals surface area contributed by atoms with E-state index >= 15 is 0 Å². The van der Waals surface area contributed by atoms with Gasteiger partial charge in [-0.3, -0.25) is 0 Å². The lowest BCUT2D eigenvalue weighted by Crippen LogP contribution is -2.26. The molecule has 0 aromatic carbocycles. The molecule has 0 spiro atoms. The van der Waals surface area contributed by atoms with Crippen LogP contribution in [0.3, 0.4) is 0 Å². The molecule has 1 atom stereocenters. The lowest BCUT2D eigenvalue weighted by Gasteiger charge is -2.12. The van der Waals surface area contributed by atoms with Crippen LogP contribution in [0, 0.1) is 0 Å². The Bertz CT molecular complexity index is 215. The van der Waals surface area contributed by atoms with Gasteiger partial charge in [0.1, 0.15) is 12.4 Å². The summed E-state index contributed by atoms with van der Waals surface area (Å²) < 4.78 is 5.47. The van der Waals surface area contributed by atoms with Crippen molar-refractivity contribution >= 4 is 0 Å². The van der Waals surface area contributed by atoms with Gasteiger partial charge in [0.25, 0.3) is 0 Å². The molecular formula is C8H13N3O. The molecule has 0 radical (unpaired) electrons. The van der Waals surface area contributed by atoms with E-state index in [2.05, 4.69) is 15.3 Å². The van der Waals surface area contributed by atoms with Crippen LogP contribution < -0.4 is 10.1 Å². The van der Waals surface area contributed by atoms with E-state index in [1.807, 2.05) is 14.0 Å². The quantitative estimate of drug-likeness (QED) is 0.707. The van der Waals surface area contributed by atoms with Gasteiger partial charge in [-0.05, 0) is 14.0 Å². The van der Waals surface area contributed by atoms with Crippen molar-refractivity contribution in [1.82, 2.24) is 15.3 Å². The summed E-state index contributed by atoms with van der Waals surface area (Å²) in [6.07, 6.45) is 4.93. The van der Waals surface area contributed by atoms with Crippen molar-refractivity contribution in [2.45, 2.75) is 13.0 Å². The van der Waals surface area contributed by atoms with E-state index in [4.69, 9.17) is 4.74 Å². The van der Waals surface area contributed by atoms with Crippen molar-refractivity contribution in [1.29, 1.82) is 0 Å². The second-order valence-corrected chi connectivity index (χ2v) is 2.56. The molecule has 0 aliphatic carbocycles. The molecule has 1 unspecified atom stereocenters. The highest BCUT2D eigenvalue weighted by Gasteiger charge is 2.01. The van der Waals surface area contributed by atoms with Crippen LogP contribution in [0.5, 0.6) is 5.75 Å². The van der Waals surface area contributed by atoms with E-state index in [-0.39, 0.29) is 6.10 Å². The third-order valence-corrected chi connectivity index (χ3v) is 1.37. The van der Waals surface area contributed by atoms with Gasteiger partial charge in [-0.25, -0.2) is 9.97 Å². The molecule has 0 aliphatic heterocycles. The fourth-order valence-corrected chi connectivity index (χ4v) is 0.908. The highest BCUT2D eigenvalue weighted by atomic mass is 16.5. The van der Waals surface area contributed by atoms with Crippen LogP contribution in [-0.2, 0) is 0 Å². The Morgan fingerprint density at radius 1 is 1.50 bits per heavy atom. The van der Waals surface area contributed by atoms with Gasteiger partial charge in [0.15, 0.2) is 5.75 Å². The van der Waals surface area contributed by atoms with E-state index in [9.17, 15) is 0 Å². The zero-order chi connectivity index (χ0) is 8.81. The van der Waals surface area contributed by atoms with Crippen LogP contribution in [0.15, 0.2) is 18.7 Å². The highest BCUT2D eigenvalue weighted by molar-refractivity contribution is 5.10. The topological polar surface area (TPSA) is 47.0 Å². The normalized spacial score (nSPS) is 12.5. The van der Waals surface area contributed by atoms with Gasteiger partial charge in [0.2, 0.25) is 0 Å². The predicted octanol–water partition coefficient (Wildman–Crippen LogP) is 0.463. The van der Waals surface area contributed by atoms with E-state index in [0.29, 0.717) is 5.75 Å². The van der Waals surface area contributed by atoms with E-state index < -0.39 is 0 Å². The van der Waals surface area contributed by atoms with Crippen molar-refractivity contribution in [2.24, 2.45) is 0 Å². The molecule has 4 nitrogen and oxygen atoms in total. The van der Waals surface area contributed by atoms with Gasteiger partial charge in [-0.2, -0.15) is 0 Å². The number of nitrogens with one attached hydrogen (secondary N) is 1. The monoisotopic (exact) mass is 167 g/mol. The molecule has 1 N–H and O–H groups in total. The van der Waals surface area contributed by atoms with Crippen molar-refractivity contribution in [3.8, 4) is 5.75 Å². The van der Waals surface area contributed by atoms with Crippen LogP contribution in [0.25, 0.3) is 0 Å². The summed E-state index contributed by atoms with van der Waals surface area (Å²) in [7, 11) is 1.89. The fourth-order valence-electron chi connectivity index (χ4n) is 0.908. The first-order chi connectivity index (χ1) is 5.83. The lowest BCUT2D eigenvalue weighted by molar-refractivity contribution is 0.219. The zero-order valence-corrected chi connectivity index (χ0v) is 7.32. The first-order valence-corrected chi connectivity index (χ1v) is 3.89. The average molecular weight is 167 g/mol. The van der Waals surface area contributed by atoms with Gasteiger partial charge >= 0.3 is 0 Å². The molecule has 1 aromatic rings. The Morgan fingerprint density at radius 3 is 2.75 bits per heavy atom. The lowest BCUT2D eigenvalue weighted by atomic mass is 10.4. The Kier molecular flexibility index (Phi) is 3.47. The third-order valence-electron chi connectivity index (χ3n) is 1.37. The first kappa shape index (κ1) is 8.93. The van der Waals surface area contributed by atoms with Gasteiger partial charge in [-0.15, -0.1) is 0 Å². The van der Waals surface area contributed by atoms with Gasteiger partial charge in [0.05, 0.1) is 12.4 Å². The van der Waals surface area contributed by atoms with Crippen LogP contribution in [0.1, 0.15) is 6.92 Å². The minimum atomic E-state index is 0.140. The molecule has 0 aliphatic rings. The van der Waals surface area contributed by atoms with Gasteiger partial charge in [-0.1, -0.05) is 0 Å². The Balaban J connectivity index is 2.41. The number of ether oxygens (including phenoxy) is 1. The molecule has 4 heteroatoms. The van der Waals surface area contributed by atoms with Gasteiger partial charge < -0.3 is 10.1 Å². The summed E-state index contributed by atoms with van der Waals surface area (Å²) in [6.45, 7) is 2.80. The predicted molar refractivity (Wildman–Crippen MR) is 46.0 cm³/mol. The maximum absolute atomic E-state index is 5.47. The van der Waals surface area contributed by atoms with Crippen LogP contribution in [0.2, 0.25) is 0 Å². The standard InChI is InChI=1S/C8H13N3O/c1-7(3-9-2)12-8-4-10-6-11-5-8/h4-7,9H,3H2,1-2H3. The first-order valence-electron chi connectivity index (χ1n) is 3.89. The maximum atomic E-state index is 5.47. The molecule has 1 aromatic heterocycles. The second kappa shape index (κ2) is 4.66. The minimum Gasteiger partial charge on any atom is -0.486 e. The summed E-state index contributed by atoms with van der Waals surface area (Å²) in [6, 6.07) is 0. The van der Waals surface area contributed by atoms with Crippen molar-refractivity contribution in [2.75, 3.05) is 13.6 Å². The molecule has 12 heavy (non-hydrogen) atoms. The summed E-state index contributed by atoms with van der Waals surface area (Å²) in [5.74, 6) is 0.709. The van der Waals surface area contributed by atoms with Crippen LogP contribution >= 0.6 is 0 Å². The smallest absolute Gasteiger partial charge is 0.156 e. The fraction of sp³-hybridized carbons (Fsp3) is 0.500. The summed E-state index contributed by atoms with van der Waals surface area (Å²) in [5, 5.41) is 3.02. The van der Waals surface area contributed by atoms with Crippen molar-refractivity contribution in [3.05, 3.63) is 18.7 Å². The number of aromatic nitrogens is 2. The summed E-state index contributed by atoms with van der Waals surface area (Å²) >= 11 is 0. The minimum absolute atomic E-state index is 0.140. The third kappa shape index (κ3) is 2.84. The molecule has 0 saturated heterocycles. The van der Waals surface area contributed by atoms with E-state index in [1.165, 1.54) is 6.33 Å². The Morgan fingerprint density at radius 2 is 2.17 bits per heavy atom. The molecule has 1 rings (SSSR count). The Labute approximate surface area is 72.0 Å². The molecule has 1 heterocycles. The molecule has 0 saturated carbocycles. The highest BCUT2D eigenvalue weighted by Crippen LogP contribution is 2.06. The number of hydrogen-bond donors (Lipinski definition) is 1. The summed E-state index contributed by atoms with van der Waals surface area (Å²) in [5.41, 5.74) is 0. The second-order valence-electron chi connectivity index (χ2n) is 2.56. The van der Waals surface area contributed by atoms with Crippen molar-refractivity contribution < 1.29 is 4.74 Å². The average Bonchev–Trinajstić information content (AvgIpc) is 2.06. The Hall–Kier alpha value is -1.16. The van der Waals surface area contributed by atoms with Crippen LogP contribution in [-0.4, -0.2) is 29.7 Å². The largest absolute Gasteiger partial charge is 0.486 e. The number of nitrogens with zero attached hydrogens (tertiary/aromatic N) is 2. The van der Waals surface area contributed by atoms with Gasteiger partial charge in [0, 0.05) is 6.54 Å². The molecule has 66 valence electrons.